The van der Waals surface area contributed by atoms with E-state index in [1.54, 1.807) is 0 Å². The maximum absolute atomic E-state index is 5.45. The largest absolute Gasteiger partial charge is 0.177 e. The number of halogens is 4. The quantitative estimate of drug-likeness (QED) is 0.482. The Kier molecular flexibility index (Phi) is 5.64. The summed E-state index contributed by atoms with van der Waals surface area (Å²) in [5, 5.41) is 0.432. The van der Waals surface area contributed by atoms with E-state index in [0.29, 0.717) is 11.1 Å². The lowest BCUT2D eigenvalue weighted by atomic mass is 10.7. The van der Waals surface area contributed by atoms with Gasteiger partial charge in [0.15, 0.2) is 8.83 Å². The Labute approximate surface area is 70.3 Å². The fraction of sp³-hybridized carbons (Fsp3) is 0.333. The van der Waals surface area contributed by atoms with Crippen LogP contribution in [0.2, 0.25) is 6.04 Å². The Morgan fingerprint density at radius 3 is 1.88 bits per heavy atom. The van der Waals surface area contributed by atoms with Crippen molar-refractivity contribution in [2.75, 3.05) is 0 Å². The summed E-state index contributed by atoms with van der Waals surface area (Å²) in [5.41, 5.74) is 0. The summed E-state index contributed by atoms with van der Waals surface area (Å²) in [4.78, 5) is 0. The van der Waals surface area contributed by atoms with Gasteiger partial charge in [0.1, 0.15) is 4.49 Å². The topological polar surface area (TPSA) is 0 Å². The molecule has 0 bridgehead atoms. The van der Waals surface area contributed by atoms with Crippen LogP contribution in [0.1, 0.15) is 0 Å². The average molecular weight is 208 g/mol. The van der Waals surface area contributed by atoms with Gasteiger partial charge in [-0.25, -0.2) is 0 Å². The molecule has 46 valence electrons. The smallest absolute Gasteiger partial charge is 0.171 e. The molecular formula is C3H2Cl4Si. The normalized spacial score (nSPS) is 9.00. The molecule has 0 atom stereocenters. The molecule has 0 amide bonds. The highest BCUT2D eigenvalue weighted by molar-refractivity contribution is 6.94. The Bertz CT molecular complexity index is 95.5. The molecule has 0 unspecified atom stereocenters. The van der Waals surface area contributed by atoms with E-state index in [4.69, 9.17) is 45.9 Å². The minimum atomic E-state index is 0.111. The Morgan fingerprint density at radius 2 is 1.75 bits per heavy atom. The van der Waals surface area contributed by atoms with Crippen molar-refractivity contribution in [3.8, 4) is 0 Å². The number of hydrogen-bond acceptors (Lipinski definition) is 0. The molecule has 0 N–H and O–H groups in total. The standard InChI is InChI=1S/C3H2Cl4Si/c4-2(1-8-7)3(5)6/h1H2. The van der Waals surface area contributed by atoms with Gasteiger partial charge in [-0.3, -0.25) is 0 Å². The van der Waals surface area contributed by atoms with Crippen molar-refractivity contribution < 1.29 is 0 Å². The first-order chi connectivity index (χ1) is 3.68. The molecule has 8 heavy (non-hydrogen) atoms. The van der Waals surface area contributed by atoms with E-state index < -0.39 is 0 Å². The predicted octanol–water partition coefficient (Wildman–Crippen LogP) is 3.15. The Hall–Kier alpha value is 1.12. The number of rotatable bonds is 2. The summed E-state index contributed by atoms with van der Waals surface area (Å²) in [5.74, 6) is 0. The van der Waals surface area contributed by atoms with Gasteiger partial charge in [-0.1, -0.05) is 34.8 Å². The van der Waals surface area contributed by atoms with Crippen LogP contribution < -0.4 is 0 Å². The van der Waals surface area contributed by atoms with Gasteiger partial charge in [0.25, 0.3) is 0 Å². The summed E-state index contributed by atoms with van der Waals surface area (Å²) in [6.07, 6.45) is 0. The van der Waals surface area contributed by atoms with Crippen LogP contribution in [0.4, 0.5) is 0 Å². The zero-order valence-corrected chi connectivity index (χ0v) is 7.74. The van der Waals surface area contributed by atoms with Crippen molar-refractivity contribution in [3.63, 3.8) is 0 Å². The summed E-state index contributed by atoms with van der Waals surface area (Å²) in [6.45, 7) is 0. The third kappa shape index (κ3) is 4.04. The second-order valence-corrected chi connectivity index (χ2v) is 3.80. The third-order valence-corrected chi connectivity index (χ3v) is 2.51. The molecule has 0 nitrogen and oxygen atoms in total. The molecule has 0 heterocycles. The average Bonchev–Trinajstić information content (AvgIpc) is 1.67. The fourth-order valence-corrected chi connectivity index (χ4v) is 1.58. The molecule has 0 fully saturated rings. The maximum atomic E-state index is 5.45. The highest BCUT2D eigenvalue weighted by Crippen LogP contribution is 2.20. The third-order valence-electron chi connectivity index (χ3n) is 0.427. The van der Waals surface area contributed by atoms with Crippen molar-refractivity contribution in [2.45, 2.75) is 6.04 Å². The number of hydrogen-bond donors (Lipinski definition) is 0. The molecule has 5 heteroatoms. The lowest BCUT2D eigenvalue weighted by molar-refractivity contribution is 1.65. The lowest BCUT2D eigenvalue weighted by Crippen LogP contribution is -1.76. The molecule has 0 aromatic carbocycles. The first kappa shape index (κ1) is 9.12. The Balaban J connectivity index is 3.62. The zero-order chi connectivity index (χ0) is 6.57. The second-order valence-electron chi connectivity index (χ2n) is 0.976. The van der Waals surface area contributed by atoms with E-state index in [1.807, 2.05) is 0 Å². The van der Waals surface area contributed by atoms with Crippen molar-refractivity contribution >= 4 is 54.7 Å². The molecule has 0 saturated carbocycles. The van der Waals surface area contributed by atoms with Crippen LogP contribution in [0.25, 0.3) is 0 Å². The molecule has 0 aliphatic carbocycles. The van der Waals surface area contributed by atoms with Gasteiger partial charge in [-0.15, -0.1) is 0 Å². The van der Waals surface area contributed by atoms with Gasteiger partial charge >= 0.3 is 0 Å². The van der Waals surface area contributed by atoms with E-state index in [9.17, 15) is 0 Å². The lowest BCUT2D eigenvalue weighted by Gasteiger charge is -1.89. The zero-order valence-electron chi connectivity index (χ0n) is 3.72. The summed E-state index contributed by atoms with van der Waals surface area (Å²) in [7, 11) is 0.244. The van der Waals surface area contributed by atoms with E-state index in [-0.39, 0.29) is 13.3 Å². The second kappa shape index (κ2) is 4.95. The van der Waals surface area contributed by atoms with Crippen LogP contribution in [0.5, 0.6) is 0 Å². The minimum absolute atomic E-state index is 0.111. The van der Waals surface area contributed by atoms with Crippen molar-refractivity contribution in [3.05, 3.63) is 9.52 Å². The van der Waals surface area contributed by atoms with Crippen molar-refractivity contribution in [1.29, 1.82) is 0 Å². The maximum Gasteiger partial charge on any atom is 0.177 e. The SMILES string of the molecule is Cl[Si]CC(Cl)=C(Cl)Cl. The van der Waals surface area contributed by atoms with Gasteiger partial charge < -0.3 is 0 Å². The van der Waals surface area contributed by atoms with E-state index in [1.165, 1.54) is 0 Å². The van der Waals surface area contributed by atoms with E-state index >= 15 is 0 Å². The molecule has 0 saturated heterocycles. The van der Waals surface area contributed by atoms with Gasteiger partial charge in [0, 0.05) is 5.03 Å². The van der Waals surface area contributed by atoms with Gasteiger partial charge in [0.05, 0.1) is 0 Å². The van der Waals surface area contributed by atoms with Gasteiger partial charge in [0.2, 0.25) is 0 Å². The summed E-state index contributed by atoms with van der Waals surface area (Å²) < 4.78 is 0.111. The van der Waals surface area contributed by atoms with Crippen molar-refractivity contribution in [2.24, 2.45) is 0 Å². The van der Waals surface area contributed by atoms with Crippen LogP contribution in [0.15, 0.2) is 9.52 Å². The molecule has 2 radical (unpaired) electrons. The number of allylic oxidation sites excluding steroid dienone is 1. The predicted molar refractivity (Wildman–Crippen MR) is 41.0 cm³/mol. The van der Waals surface area contributed by atoms with E-state index in [0.717, 1.165) is 0 Å². The van der Waals surface area contributed by atoms with Crippen LogP contribution in [-0.2, 0) is 0 Å². The van der Waals surface area contributed by atoms with Gasteiger partial charge in [-0.05, 0) is 6.04 Å². The molecule has 0 aromatic heterocycles. The van der Waals surface area contributed by atoms with Gasteiger partial charge in [-0.2, -0.15) is 11.1 Å². The molecule has 0 rings (SSSR count). The van der Waals surface area contributed by atoms with E-state index in [2.05, 4.69) is 0 Å². The summed E-state index contributed by atoms with van der Waals surface area (Å²) in [6, 6.07) is 0.561. The molecular weight excluding hydrogens is 206 g/mol. The summed E-state index contributed by atoms with van der Waals surface area (Å²) >= 11 is 21.3. The molecule has 0 aliphatic heterocycles. The monoisotopic (exact) mass is 206 g/mol. The van der Waals surface area contributed by atoms with Crippen LogP contribution in [0.3, 0.4) is 0 Å². The fourth-order valence-electron chi connectivity index (χ4n) is 0.125. The highest BCUT2D eigenvalue weighted by Gasteiger charge is 1.96. The Morgan fingerprint density at radius 1 is 1.25 bits per heavy atom. The minimum Gasteiger partial charge on any atom is -0.171 e. The molecule has 0 aliphatic rings. The first-order valence-corrected chi connectivity index (χ1v) is 5.07. The molecule has 0 spiro atoms. The van der Waals surface area contributed by atoms with Crippen LogP contribution >= 0.6 is 45.9 Å². The van der Waals surface area contributed by atoms with Crippen LogP contribution in [-0.4, -0.2) is 8.83 Å². The van der Waals surface area contributed by atoms with Crippen molar-refractivity contribution in [1.82, 2.24) is 0 Å². The van der Waals surface area contributed by atoms with Crippen LogP contribution in [0, 0.1) is 0 Å². The first-order valence-electron chi connectivity index (χ1n) is 1.71. The molecule has 0 aromatic rings. The highest BCUT2D eigenvalue weighted by atomic mass is 35.6.